The lowest BCUT2D eigenvalue weighted by atomic mass is 10.0. The first-order valence-electron chi connectivity index (χ1n) is 10.5. The second-order valence-corrected chi connectivity index (χ2v) is 7.20. The summed E-state index contributed by atoms with van der Waals surface area (Å²) >= 11 is 0. The van der Waals surface area contributed by atoms with Crippen LogP contribution in [0.2, 0.25) is 0 Å². The van der Waals surface area contributed by atoms with E-state index < -0.39 is 12.1 Å². The lowest BCUT2D eigenvalue weighted by molar-refractivity contribution is -0.158. The Hall–Kier alpha value is -0.570. The van der Waals surface area contributed by atoms with E-state index in [2.05, 4.69) is 13.8 Å². The van der Waals surface area contributed by atoms with Crippen LogP contribution in [-0.2, 0) is 9.53 Å². The van der Waals surface area contributed by atoms with E-state index in [-0.39, 0.29) is 6.10 Å². The second-order valence-electron chi connectivity index (χ2n) is 7.20. The van der Waals surface area contributed by atoms with Gasteiger partial charge in [0.15, 0.2) is 0 Å². The lowest BCUT2D eigenvalue weighted by Gasteiger charge is -2.19. The third-order valence-corrected chi connectivity index (χ3v) is 4.63. The zero-order chi connectivity index (χ0) is 18.0. The predicted octanol–water partition coefficient (Wildman–Crippen LogP) is 6.17. The van der Waals surface area contributed by atoms with Crippen molar-refractivity contribution in [3.63, 3.8) is 0 Å². The van der Waals surface area contributed by atoms with Gasteiger partial charge in [0.05, 0.1) is 0 Å². The van der Waals surface area contributed by atoms with E-state index in [0.717, 1.165) is 25.7 Å². The molecule has 24 heavy (non-hydrogen) atoms. The van der Waals surface area contributed by atoms with Gasteiger partial charge < -0.3 is 9.84 Å². The molecule has 1 N–H and O–H groups in total. The number of rotatable bonds is 17. The maximum Gasteiger partial charge on any atom is 0.334 e. The largest absolute Gasteiger partial charge is 0.460 e. The van der Waals surface area contributed by atoms with Crippen molar-refractivity contribution in [3.05, 3.63) is 0 Å². The number of carbonyl (C=O) groups is 1. The van der Waals surface area contributed by atoms with Gasteiger partial charge in [0.2, 0.25) is 0 Å². The Balaban J connectivity index is 3.89. The summed E-state index contributed by atoms with van der Waals surface area (Å²) < 4.78 is 5.50. The monoisotopic (exact) mass is 342 g/mol. The van der Waals surface area contributed by atoms with Crippen LogP contribution in [0.15, 0.2) is 0 Å². The lowest BCUT2D eigenvalue weighted by Crippen LogP contribution is -2.26. The van der Waals surface area contributed by atoms with Gasteiger partial charge in [-0.05, 0) is 32.6 Å². The highest BCUT2D eigenvalue weighted by atomic mass is 16.6. The quantitative estimate of drug-likeness (QED) is 0.254. The van der Waals surface area contributed by atoms with E-state index in [4.69, 9.17) is 4.74 Å². The number of carbonyl (C=O) groups excluding carboxylic acids is 1. The first-order chi connectivity index (χ1) is 11.6. The van der Waals surface area contributed by atoms with Gasteiger partial charge in [-0.2, -0.15) is 0 Å². The van der Waals surface area contributed by atoms with Crippen LogP contribution in [0.5, 0.6) is 0 Å². The van der Waals surface area contributed by atoms with Crippen molar-refractivity contribution in [1.29, 1.82) is 0 Å². The number of hydrogen-bond donors (Lipinski definition) is 1. The zero-order valence-electron chi connectivity index (χ0n) is 16.5. The van der Waals surface area contributed by atoms with Gasteiger partial charge in [0, 0.05) is 0 Å². The molecule has 0 heterocycles. The number of aliphatic hydroxyl groups is 1. The minimum atomic E-state index is -1.01. The first kappa shape index (κ1) is 23.4. The van der Waals surface area contributed by atoms with E-state index in [1.54, 1.807) is 0 Å². The highest BCUT2D eigenvalue weighted by Gasteiger charge is 2.17. The molecule has 0 aromatic heterocycles. The van der Waals surface area contributed by atoms with Gasteiger partial charge in [0.25, 0.3) is 0 Å². The molecule has 0 aliphatic carbocycles. The van der Waals surface area contributed by atoms with Gasteiger partial charge in [0.1, 0.15) is 12.2 Å². The van der Waals surface area contributed by atoms with Crippen molar-refractivity contribution in [2.75, 3.05) is 0 Å². The van der Waals surface area contributed by atoms with Crippen LogP contribution in [0.1, 0.15) is 117 Å². The summed E-state index contributed by atoms with van der Waals surface area (Å²) in [6, 6.07) is 0. The number of hydrogen-bond acceptors (Lipinski definition) is 3. The normalized spacial score (nSPS) is 13.7. The number of aliphatic hydroxyl groups excluding tert-OH is 1. The van der Waals surface area contributed by atoms with E-state index in [9.17, 15) is 9.90 Å². The minimum Gasteiger partial charge on any atom is -0.460 e. The average molecular weight is 343 g/mol. The molecule has 0 saturated heterocycles. The van der Waals surface area contributed by atoms with Gasteiger partial charge in [-0.3, -0.25) is 0 Å². The van der Waals surface area contributed by atoms with Crippen LogP contribution in [0.4, 0.5) is 0 Å². The van der Waals surface area contributed by atoms with Crippen molar-refractivity contribution >= 4 is 5.97 Å². The minimum absolute atomic E-state index is 0.00563. The molecule has 0 fully saturated rings. The van der Waals surface area contributed by atoms with Crippen molar-refractivity contribution in [2.24, 2.45) is 0 Å². The molecule has 0 aromatic rings. The van der Waals surface area contributed by atoms with Gasteiger partial charge in [-0.15, -0.1) is 0 Å². The number of unbranched alkanes of at least 4 members (excludes halogenated alkanes) is 11. The Kier molecular flexibility index (Phi) is 16.8. The summed E-state index contributed by atoms with van der Waals surface area (Å²) in [5, 5.41) is 9.36. The number of esters is 1. The predicted molar refractivity (Wildman–Crippen MR) is 102 cm³/mol. The maximum absolute atomic E-state index is 11.7. The van der Waals surface area contributed by atoms with Crippen molar-refractivity contribution < 1.29 is 14.6 Å². The third-order valence-electron chi connectivity index (χ3n) is 4.63. The molecule has 3 nitrogen and oxygen atoms in total. The average Bonchev–Trinajstić information content (AvgIpc) is 2.56. The van der Waals surface area contributed by atoms with Gasteiger partial charge in [-0.1, -0.05) is 84.5 Å². The zero-order valence-corrected chi connectivity index (χ0v) is 16.5. The molecule has 0 spiro atoms. The van der Waals surface area contributed by atoms with Crippen LogP contribution in [0, 0.1) is 0 Å². The molecule has 3 heteroatoms. The van der Waals surface area contributed by atoms with Gasteiger partial charge >= 0.3 is 5.97 Å². The molecule has 0 radical (unpaired) electrons. The van der Waals surface area contributed by atoms with Crippen LogP contribution < -0.4 is 0 Å². The van der Waals surface area contributed by atoms with E-state index in [1.807, 2.05) is 0 Å². The van der Waals surface area contributed by atoms with E-state index in [1.165, 1.54) is 77.6 Å². The SMILES string of the molecule is CCCCCCCCCC(CCCCCCCC)OC(=O)C(C)O. The fourth-order valence-corrected chi connectivity index (χ4v) is 3.01. The third kappa shape index (κ3) is 15.0. The van der Waals surface area contributed by atoms with Crippen LogP contribution in [0.25, 0.3) is 0 Å². The summed E-state index contributed by atoms with van der Waals surface area (Å²) in [7, 11) is 0. The van der Waals surface area contributed by atoms with Crippen molar-refractivity contribution in [1.82, 2.24) is 0 Å². The van der Waals surface area contributed by atoms with E-state index in [0.29, 0.717) is 0 Å². The summed E-state index contributed by atoms with van der Waals surface area (Å²) in [6.45, 7) is 5.95. The molecule has 0 bridgehead atoms. The van der Waals surface area contributed by atoms with Crippen molar-refractivity contribution in [2.45, 2.75) is 129 Å². The second kappa shape index (κ2) is 17.3. The topological polar surface area (TPSA) is 46.5 Å². The molecule has 0 saturated carbocycles. The fraction of sp³-hybridized carbons (Fsp3) is 0.952. The molecule has 0 aliphatic heterocycles. The van der Waals surface area contributed by atoms with Gasteiger partial charge in [-0.25, -0.2) is 4.79 Å². The van der Waals surface area contributed by atoms with Crippen LogP contribution >= 0.6 is 0 Å². The van der Waals surface area contributed by atoms with Crippen molar-refractivity contribution in [3.8, 4) is 0 Å². The summed E-state index contributed by atoms with van der Waals surface area (Å²) in [5.74, 6) is -0.464. The fourth-order valence-electron chi connectivity index (χ4n) is 3.01. The molecule has 0 amide bonds. The molecule has 2 atom stereocenters. The summed E-state index contributed by atoms with van der Waals surface area (Å²) in [4.78, 5) is 11.7. The molecule has 0 aliphatic rings. The Morgan fingerprint density at radius 2 is 1.12 bits per heavy atom. The molecule has 2 unspecified atom stereocenters. The standard InChI is InChI=1S/C21H42O3/c1-4-6-8-10-12-14-16-18-20(24-21(23)19(3)22)17-15-13-11-9-7-5-2/h19-20,22H,4-18H2,1-3H3. The molecular formula is C21H42O3. The number of ether oxygens (including phenoxy) is 1. The summed E-state index contributed by atoms with van der Waals surface area (Å²) in [5.41, 5.74) is 0. The Morgan fingerprint density at radius 3 is 1.50 bits per heavy atom. The molecule has 0 rings (SSSR count). The Labute approximate surface area is 150 Å². The molecule has 144 valence electrons. The highest BCUT2D eigenvalue weighted by molar-refractivity contribution is 5.73. The summed E-state index contributed by atoms with van der Waals surface area (Å²) in [6.07, 6.45) is 17.3. The van der Waals surface area contributed by atoms with E-state index >= 15 is 0 Å². The van der Waals surface area contributed by atoms with Crippen LogP contribution in [-0.4, -0.2) is 23.3 Å². The van der Waals surface area contributed by atoms with Crippen LogP contribution in [0.3, 0.4) is 0 Å². The Morgan fingerprint density at radius 1 is 0.750 bits per heavy atom. The maximum atomic E-state index is 11.7. The smallest absolute Gasteiger partial charge is 0.334 e. The first-order valence-corrected chi connectivity index (χ1v) is 10.5. The molecule has 0 aromatic carbocycles. The molecular weight excluding hydrogens is 300 g/mol. The highest BCUT2D eigenvalue weighted by Crippen LogP contribution is 2.17. The Bertz CT molecular complexity index is 276.